The Balaban J connectivity index is 3.88. The van der Waals surface area contributed by atoms with Gasteiger partial charge in [0.25, 0.3) is 0 Å². The van der Waals surface area contributed by atoms with Crippen LogP contribution in [0.5, 0.6) is 0 Å². The van der Waals surface area contributed by atoms with Crippen molar-refractivity contribution < 1.29 is 42.1 Å². The molecule has 0 rings (SSSR count). The molecule has 1 N–H and O–H groups in total. The number of nitrogens with zero attached hydrogens (tertiary/aromatic N) is 1. The molecule has 0 aromatic rings. The number of quaternary nitrogens is 1. The highest BCUT2D eigenvalue weighted by Gasteiger charge is 2.27. The van der Waals surface area contributed by atoms with E-state index >= 15 is 0 Å². The maximum absolute atomic E-state index is 12.8. The second kappa shape index (κ2) is 67.1. The van der Waals surface area contributed by atoms with Crippen LogP contribution in [-0.2, 0) is 32.7 Å². The molecule has 0 aliphatic heterocycles. The zero-order valence-corrected chi connectivity index (χ0v) is 58.5. The molecule has 0 aromatic carbocycles. The average Bonchev–Trinajstić information content (AvgIpc) is 3.67. The minimum atomic E-state index is -4.40. The molecule has 0 aliphatic rings. The van der Waals surface area contributed by atoms with Gasteiger partial charge in [-0.25, -0.2) is 4.57 Å². The second-order valence-corrected chi connectivity index (χ2v) is 27.8. The lowest BCUT2D eigenvalue weighted by Crippen LogP contribution is -2.37. The van der Waals surface area contributed by atoms with Gasteiger partial charge >= 0.3 is 19.8 Å². The Labute approximate surface area is 534 Å². The lowest BCUT2D eigenvalue weighted by molar-refractivity contribution is -0.870. The number of esters is 2. The average molecular weight is 1230 g/mol. The van der Waals surface area contributed by atoms with Crippen molar-refractivity contribution in [3.8, 4) is 0 Å². The topological polar surface area (TPSA) is 108 Å². The van der Waals surface area contributed by atoms with Crippen LogP contribution < -0.4 is 0 Å². The summed E-state index contributed by atoms with van der Waals surface area (Å²) in [5, 5.41) is 0. The number of allylic oxidation sites excluding steroid dienone is 10. The van der Waals surface area contributed by atoms with Crippen LogP contribution in [0.2, 0.25) is 0 Å². The molecule has 86 heavy (non-hydrogen) atoms. The second-order valence-electron chi connectivity index (χ2n) is 26.3. The Morgan fingerprint density at radius 1 is 0.372 bits per heavy atom. The Kier molecular flexibility index (Phi) is 65.3. The maximum atomic E-state index is 12.8. The highest BCUT2D eigenvalue weighted by Crippen LogP contribution is 2.43. The number of carbonyl (C=O) groups excluding carboxylic acids is 2. The van der Waals surface area contributed by atoms with Gasteiger partial charge in [-0.2, -0.15) is 0 Å². The minimum absolute atomic E-state index is 0.0266. The Hall–Kier alpha value is -2.29. The number of hydrogen-bond acceptors (Lipinski definition) is 7. The summed E-state index contributed by atoms with van der Waals surface area (Å²) >= 11 is 0. The third-order valence-corrected chi connectivity index (χ3v) is 17.5. The summed E-state index contributed by atoms with van der Waals surface area (Å²) in [5.41, 5.74) is 0. The standard InChI is InChI=1S/C76H142NO8P/c1-6-8-10-12-14-16-18-20-22-24-26-28-29-30-31-32-33-34-35-36-37-38-39-40-41-42-43-44-45-46-47-49-50-52-54-56-58-60-62-64-66-68-75(78)82-72-74(73-84-86(80,81)83-71-70-77(3,4)5)85-76(79)69-67-65-63-61-59-57-55-53-51-48-27-25-23-21-19-17-15-13-11-9-7-2/h9,11,15,17,21,23,27,48,53,55,74H,6-8,10,12-14,16,18-20,22,24-26,28-47,49-52,54,56-73H2,1-5H3/p+1/b11-9-,17-15-,23-21-,48-27-,55-53-. The normalized spacial score (nSPS) is 13.4. The fourth-order valence-corrected chi connectivity index (χ4v) is 11.7. The number of likely N-dealkylation sites (N-methyl/N-ethyl adjacent to an activating group) is 1. The van der Waals surface area contributed by atoms with E-state index in [-0.39, 0.29) is 32.0 Å². The molecule has 9 nitrogen and oxygen atoms in total. The van der Waals surface area contributed by atoms with Gasteiger partial charge in [0.1, 0.15) is 19.8 Å². The summed E-state index contributed by atoms with van der Waals surface area (Å²) in [6.07, 6.45) is 89.5. The van der Waals surface area contributed by atoms with Crippen LogP contribution >= 0.6 is 7.82 Å². The van der Waals surface area contributed by atoms with Crippen molar-refractivity contribution in [1.29, 1.82) is 0 Å². The van der Waals surface area contributed by atoms with E-state index in [4.69, 9.17) is 18.5 Å². The van der Waals surface area contributed by atoms with Crippen LogP contribution in [0.4, 0.5) is 0 Å². The van der Waals surface area contributed by atoms with E-state index in [1.54, 1.807) is 0 Å². The highest BCUT2D eigenvalue weighted by molar-refractivity contribution is 7.47. The molecule has 0 aromatic heterocycles. The van der Waals surface area contributed by atoms with Gasteiger partial charge in [0.2, 0.25) is 0 Å². The van der Waals surface area contributed by atoms with Crippen LogP contribution in [-0.4, -0.2) is 74.9 Å². The van der Waals surface area contributed by atoms with Crippen molar-refractivity contribution in [2.45, 2.75) is 367 Å². The first-order valence-corrected chi connectivity index (χ1v) is 38.5. The molecular weight excluding hydrogens is 1090 g/mol. The van der Waals surface area contributed by atoms with Gasteiger partial charge in [0, 0.05) is 12.8 Å². The molecule has 0 bridgehead atoms. The van der Waals surface area contributed by atoms with E-state index in [1.807, 2.05) is 21.1 Å². The minimum Gasteiger partial charge on any atom is -0.462 e. The lowest BCUT2D eigenvalue weighted by atomic mass is 10.0. The first-order valence-electron chi connectivity index (χ1n) is 37.0. The van der Waals surface area contributed by atoms with Crippen molar-refractivity contribution in [2.75, 3.05) is 47.5 Å². The molecule has 0 heterocycles. The number of phosphoric ester groups is 1. The first-order chi connectivity index (χ1) is 42.0. The summed E-state index contributed by atoms with van der Waals surface area (Å²) in [7, 11) is 1.47. The first kappa shape index (κ1) is 83.7. The summed E-state index contributed by atoms with van der Waals surface area (Å²) < 4.78 is 34.7. The van der Waals surface area contributed by atoms with Crippen molar-refractivity contribution in [3.63, 3.8) is 0 Å². The third kappa shape index (κ3) is 70.8. The number of ether oxygens (including phenoxy) is 2. The Morgan fingerprint density at radius 2 is 0.663 bits per heavy atom. The molecule has 0 radical (unpaired) electrons. The summed E-state index contributed by atoms with van der Waals surface area (Å²) in [6, 6.07) is 0. The van der Waals surface area contributed by atoms with Crippen LogP contribution in [0, 0.1) is 0 Å². The Morgan fingerprint density at radius 3 is 0.988 bits per heavy atom. The highest BCUT2D eigenvalue weighted by atomic mass is 31.2. The van der Waals surface area contributed by atoms with Gasteiger partial charge in [-0.1, -0.05) is 351 Å². The smallest absolute Gasteiger partial charge is 0.462 e. The van der Waals surface area contributed by atoms with Crippen molar-refractivity contribution >= 4 is 19.8 Å². The van der Waals surface area contributed by atoms with Crippen LogP contribution in [0.1, 0.15) is 361 Å². The van der Waals surface area contributed by atoms with E-state index in [2.05, 4.69) is 74.6 Å². The van der Waals surface area contributed by atoms with Gasteiger partial charge in [0.15, 0.2) is 6.10 Å². The van der Waals surface area contributed by atoms with Gasteiger partial charge in [-0.05, 0) is 57.8 Å². The summed E-state index contributed by atoms with van der Waals surface area (Å²) in [4.78, 5) is 35.8. The predicted molar refractivity (Wildman–Crippen MR) is 372 cm³/mol. The molecule has 0 saturated heterocycles. The van der Waals surface area contributed by atoms with Crippen molar-refractivity contribution in [1.82, 2.24) is 0 Å². The summed E-state index contributed by atoms with van der Waals surface area (Å²) in [5.74, 6) is -0.807. The SMILES string of the molecule is CC/C=C\C/C=C\C/C=C\C/C=C\C/C=C\CCCCCCCC(=O)OC(COC(=O)CCCCCCCCCCCCCCCCCCCCCCCCCCCCCCCCCCCCCCCCCCC)COP(=O)(O)OCC[N+](C)(C)C. The van der Waals surface area contributed by atoms with E-state index < -0.39 is 26.5 Å². The molecule has 0 aliphatic carbocycles. The molecular formula is C76H143NO8P+. The van der Waals surface area contributed by atoms with E-state index in [1.165, 1.54) is 244 Å². The van der Waals surface area contributed by atoms with Crippen LogP contribution in [0.25, 0.3) is 0 Å². The van der Waals surface area contributed by atoms with Gasteiger partial charge in [0.05, 0.1) is 27.7 Å². The number of carbonyl (C=O) groups is 2. The van der Waals surface area contributed by atoms with Gasteiger partial charge < -0.3 is 18.9 Å². The third-order valence-electron chi connectivity index (χ3n) is 16.6. The zero-order chi connectivity index (χ0) is 62.6. The molecule has 0 fully saturated rings. The van der Waals surface area contributed by atoms with E-state index in [9.17, 15) is 19.0 Å². The lowest BCUT2D eigenvalue weighted by Gasteiger charge is -2.24. The maximum Gasteiger partial charge on any atom is 0.472 e. The van der Waals surface area contributed by atoms with Crippen molar-refractivity contribution in [2.24, 2.45) is 0 Å². The quantitative estimate of drug-likeness (QED) is 0.0211. The number of phosphoric acid groups is 1. The van der Waals surface area contributed by atoms with Gasteiger partial charge in [-0.15, -0.1) is 0 Å². The Bertz CT molecular complexity index is 1630. The van der Waals surface area contributed by atoms with E-state index in [0.717, 1.165) is 83.5 Å². The van der Waals surface area contributed by atoms with Crippen molar-refractivity contribution in [3.05, 3.63) is 60.8 Å². The molecule has 0 spiro atoms. The molecule has 0 saturated carbocycles. The molecule has 0 amide bonds. The molecule has 2 atom stereocenters. The monoisotopic (exact) mass is 1230 g/mol. The largest absolute Gasteiger partial charge is 0.472 e. The molecule has 504 valence electrons. The fourth-order valence-electron chi connectivity index (χ4n) is 10.9. The van der Waals surface area contributed by atoms with E-state index in [0.29, 0.717) is 17.4 Å². The summed E-state index contributed by atoms with van der Waals surface area (Å²) in [6.45, 7) is 4.34. The van der Waals surface area contributed by atoms with Crippen LogP contribution in [0.3, 0.4) is 0 Å². The van der Waals surface area contributed by atoms with Crippen LogP contribution in [0.15, 0.2) is 60.8 Å². The number of unbranched alkanes of at least 4 members (excludes halogenated alkanes) is 45. The number of hydrogen-bond donors (Lipinski definition) is 1. The predicted octanol–water partition coefficient (Wildman–Crippen LogP) is 24.2. The fraction of sp³-hybridized carbons (Fsp3) is 0.842. The molecule has 10 heteroatoms. The zero-order valence-electron chi connectivity index (χ0n) is 57.6. The molecule has 2 unspecified atom stereocenters. The van der Waals surface area contributed by atoms with Gasteiger partial charge in [-0.3, -0.25) is 18.6 Å². The number of rotatable bonds is 69.